The average molecular weight is 202 g/mol. The van der Waals surface area contributed by atoms with E-state index < -0.39 is 0 Å². The summed E-state index contributed by atoms with van der Waals surface area (Å²) in [5.74, 6) is 0.827. The predicted molar refractivity (Wildman–Crippen MR) is 57.1 cm³/mol. The number of nitrogens with zero attached hydrogens (tertiary/aromatic N) is 1. The first-order valence-corrected chi connectivity index (χ1v) is 4.35. The fourth-order valence-corrected chi connectivity index (χ4v) is 0.533. The van der Waals surface area contributed by atoms with Crippen molar-refractivity contribution >= 4 is 24.0 Å². The average Bonchev–Trinajstić information content (AvgIpc) is 1.82. The Kier molecular flexibility index (Phi) is 27.0. The lowest BCUT2D eigenvalue weighted by Gasteiger charge is -1.90. The van der Waals surface area contributed by atoms with Gasteiger partial charge in [0, 0.05) is 5.88 Å². The first-order chi connectivity index (χ1) is 4.65. The topological polar surface area (TPSA) is 3.24 Å². The molecule has 3 heteroatoms. The molecule has 0 bridgehead atoms. The van der Waals surface area contributed by atoms with Crippen molar-refractivity contribution in [3.8, 4) is 0 Å². The molecule has 0 unspecified atom stereocenters. The van der Waals surface area contributed by atoms with Crippen LogP contribution >= 0.6 is 24.0 Å². The van der Waals surface area contributed by atoms with Gasteiger partial charge in [0.2, 0.25) is 0 Å². The van der Waals surface area contributed by atoms with Gasteiger partial charge in [-0.2, -0.15) is 0 Å². The lowest BCUT2D eigenvalue weighted by atomic mass is 10.3. The second-order valence-corrected chi connectivity index (χ2v) is 3.12. The summed E-state index contributed by atoms with van der Waals surface area (Å²) in [5.41, 5.74) is 0. The Hall–Kier alpha value is 0.540. The first kappa shape index (κ1) is 17.6. The van der Waals surface area contributed by atoms with Crippen LogP contribution in [0.4, 0.5) is 0 Å². The van der Waals surface area contributed by atoms with Gasteiger partial charge in [0.15, 0.2) is 0 Å². The predicted octanol–water partition coefficient (Wildman–Crippen LogP) is 3.02. The zero-order valence-corrected chi connectivity index (χ0v) is 9.63. The summed E-state index contributed by atoms with van der Waals surface area (Å²) < 4.78 is 0. The van der Waals surface area contributed by atoms with Crippen LogP contribution in [0.25, 0.3) is 0 Å². The van der Waals surface area contributed by atoms with Gasteiger partial charge in [-0.3, -0.25) is 0 Å². The Morgan fingerprint density at radius 2 is 1.45 bits per heavy atom. The molecule has 0 saturated heterocycles. The van der Waals surface area contributed by atoms with Crippen LogP contribution in [0.1, 0.15) is 26.2 Å². The number of halogens is 2. The van der Waals surface area contributed by atoms with E-state index in [1.807, 2.05) is 26.0 Å². The van der Waals surface area contributed by atoms with Crippen molar-refractivity contribution in [3.63, 3.8) is 0 Å². The number of hydrogen-bond donors (Lipinski definition) is 0. The maximum Gasteiger partial charge on any atom is 0.0223 e. The van der Waals surface area contributed by atoms with Crippen molar-refractivity contribution in [2.24, 2.45) is 0 Å². The normalized spacial score (nSPS) is 8.18. The number of rotatable bonds is 3. The largest absolute Gasteiger partial charge is 0.312 e. The Bertz CT molecular complexity index is 42.6. The molecule has 0 aliphatic heterocycles. The van der Waals surface area contributed by atoms with E-state index in [9.17, 15) is 0 Å². The van der Waals surface area contributed by atoms with E-state index in [1.54, 1.807) is 0 Å². The van der Waals surface area contributed by atoms with Gasteiger partial charge < -0.3 is 4.90 Å². The van der Waals surface area contributed by atoms with Gasteiger partial charge in [0.1, 0.15) is 0 Å². The number of unbranched alkanes of at least 4 members (excludes halogenated alkanes) is 2. The van der Waals surface area contributed by atoms with Crippen molar-refractivity contribution in [2.45, 2.75) is 26.2 Å². The molecule has 0 rings (SSSR count). The highest BCUT2D eigenvalue weighted by molar-refractivity contribution is 6.17. The van der Waals surface area contributed by atoms with E-state index in [2.05, 4.69) is 6.92 Å². The molecule has 0 aliphatic rings. The van der Waals surface area contributed by atoms with Crippen LogP contribution in [0.2, 0.25) is 0 Å². The first-order valence-electron chi connectivity index (χ1n) is 3.82. The fourth-order valence-electron chi connectivity index (χ4n) is 0.344. The van der Waals surface area contributed by atoms with Crippen LogP contribution in [0.15, 0.2) is 0 Å². The van der Waals surface area contributed by atoms with E-state index >= 15 is 0 Å². The molecule has 1 nitrogen and oxygen atoms in total. The third kappa shape index (κ3) is 61.3. The minimum absolute atomic E-state index is 0. The van der Waals surface area contributed by atoms with Crippen LogP contribution in [-0.4, -0.2) is 31.9 Å². The Balaban J connectivity index is -0.000000114. The highest BCUT2D eigenvalue weighted by Gasteiger charge is 1.76. The minimum atomic E-state index is 0. The number of hydrogen-bond acceptors (Lipinski definition) is 1. The Morgan fingerprint density at radius 3 is 1.55 bits per heavy atom. The standard InChI is InChI=1S/C5H11Cl.C3H9N.ClH/c1-2-3-4-5-6;1-4(2)3;/h2-5H2,1H3;1-3H3;1H. The molecule has 0 radical (unpaired) electrons. The van der Waals surface area contributed by atoms with Crippen molar-refractivity contribution < 1.29 is 0 Å². The highest BCUT2D eigenvalue weighted by atomic mass is 35.5. The summed E-state index contributed by atoms with van der Waals surface area (Å²) in [6.45, 7) is 2.17. The molecule has 0 aromatic heterocycles. The Morgan fingerprint density at radius 1 is 1.09 bits per heavy atom. The maximum absolute atomic E-state index is 5.38. The molecule has 0 amide bonds. The van der Waals surface area contributed by atoms with Gasteiger partial charge in [-0.15, -0.1) is 24.0 Å². The van der Waals surface area contributed by atoms with Crippen molar-refractivity contribution in [2.75, 3.05) is 27.0 Å². The Labute approximate surface area is 82.5 Å². The zero-order chi connectivity index (χ0) is 8.41. The van der Waals surface area contributed by atoms with Crippen LogP contribution in [0.3, 0.4) is 0 Å². The zero-order valence-electron chi connectivity index (χ0n) is 8.06. The molecule has 72 valence electrons. The molecule has 0 fully saturated rings. The third-order valence-corrected chi connectivity index (χ3v) is 1.00. The molecular weight excluding hydrogens is 181 g/mol. The highest BCUT2D eigenvalue weighted by Crippen LogP contribution is 1.93. The SMILES string of the molecule is CCCCCCl.CN(C)C.Cl. The lowest BCUT2D eigenvalue weighted by Crippen LogP contribution is -1.99. The van der Waals surface area contributed by atoms with Crippen molar-refractivity contribution in [3.05, 3.63) is 0 Å². The monoisotopic (exact) mass is 201 g/mol. The van der Waals surface area contributed by atoms with Gasteiger partial charge in [-0.25, -0.2) is 0 Å². The van der Waals surface area contributed by atoms with Gasteiger partial charge in [0.25, 0.3) is 0 Å². The van der Waals surface area contributed by atoms with Crippen LogP contribution in [-0.2, 0) is 0 Å². The van der Waals surface area contributed by atoms with E-state index in [1.165, 1.54) is 19.3 Å². The van der Waals surface area contributed by atoms with E-state index in [0.29, 0.717) is 0 Å². The lowest BCUT2D eigenvalue weighted by molar-refractivity contribution is 0.505. The second kappa shape index (κ2) is 16.9. The van der Waals surface area contributed by atoms with Crippen LogP contribution < -0.4 is 0 Å². The van der Waals surface area contributed by atoms with Gasteiger partial charge in [-0.1, -0.05) is 19.8 Å². The van der Waals surface area contributed by atoms with Crippen molar-refractivity contribution in [1.82, 2.24) is 4.90 Å². The second-order valence-electron chi connectivity index (χ2n) is 2.74. The molecule has 0 saturated carbocycles. The van der Waals surface area contributed by atoms with Gasteiger partial charge in [-0.05, 0) is 27.6 Å². The number of alkyl halides is 1. The quantitative estimate of drug-likeness (QED) is 0.502. The van der Waals surface area contributed by atoms with Gasteiger partial charge in [0.05, 0.1) is 0 Å². The molecule has 0 atom stereocenters. The van der Waals surface area contributed by atoms with Gasteiger partial charge >= 0.3 is 0 Å². The van der Waals surface area contributed by atoms with E-state index in [4.69, 9.17) is 11.6 Å². The summed E-state index contributed by atoms with van der Waals surface area (Å²) in [4.78, 5) is 2.00. The molecule has 0 aromatic carbocycles. The summed E-state index contributed by atoms with van der Waals surface area (Å²) in [6, 6.07) is 0. The molecular formula is C8H21Cl2N. The summed E-state index contributed by atoms with van der Waals surface area (Å²) >= 11 is 5.38. The maximum atomic E-state index is 5.38. The van der Waals surface area contributed by atoms with E-state index in [0.717, 1.165) is 5.88 Å². The summed E-state index contributed by atoms with van der Waals surface area (Å²) in [7, 11) is 6.00. The van der Waals surface area contributed by atoms with Crippen molar-refractivity contribution in [1.29, 1.82) is 0 Å². The molecule has 0 N–H and O–H groups in total. The third-order valence-electron chi connectivity index (χ3n) is 0.737. The summed E-state index contributed by atoms with van der Waals surface area (Å²) in [6.07, 6.45) is 3.73. The molecule has 0 heterocycles. The molecule has 0 aliphatic carbocycles. The minimum Gasteiger partial charge on any atom is -0.312 e. The summed E-state index contributed by atoms with van der Waals surface area (Å²) in [5, 5.41) is 0. The fraction of sp³-hybridized carbons (Fsp3) is 1.00. The molecule has 0 aromatic rings. The van der Waals surface area contributed by atoms with Crippen LogP contribution in [0.5, 0.6) is 0 Å². The molecule has 11 heavy (non-hydrogen) atoms. The molecule has 0 spiro atoms. The van der Waals surface area contributed by atoms with E-state index in [-0.39, 0.29) is 12.4 Å². The van der Waals surface area contributed by atoms with Crippen LogP contribution in [0, 0.1) is 0 Å². The smallest absolute Gasteiger partial charge is 0.0223 e.